The Morgan fingerprint density at radius 1 is 1.19 bits per heavy atom. The minimum atomic E-state index is -1.23. The molecule has 1 aromatic heterocycles. The van der Waals surface area contributed by atoms with Crippen molar-refractivity contribution >= 4 is 30.0 Å². The molecule has 2 aromatic rings. The molecule has 0 radical (unpaired) electrons. The van der Waals surface area contributed by atoms with Gasteiger partial charge in [0.05, 0.1) is 28.8 Å². The molecule has 4 N–H and O–H groups in total. The molecule has 140 valence electrons. The second-order valence-electron chi connectivity index (χ2n) is 7.17. The molecule has 2 rings (SSSR count). The normalized spacial score (nSPS) is 12.1. The highest BCUT2D eigenvalue weighted by molar-refractivity contribution is 6.60. The summed E-state index contributed by atoms with van der Waals surface area (Å²) in [6.07, 6.45) is 1.48. The molecule has 0 spiro atoms. The topological polar surface area (TPSA) is 109 Å². The maximum atomic E-state index is 11.9. The third-order valence-corrected chi connectivity index (χ3v) is 4.61. The Morgan fingerprint density at radius 2 is 1.77 bits per heavy atom. The van der Waals surface area contributed by atoms with E-state index in [1.165, 1.54) is 11.2 Å². The maximum Gasteiger partial charge on any atom is 0.491 e. The summed E-state index contributed by atoms with van der Waals surface area (Å²) in [4.78, 5) is 13.2. The Bertz CT molecular complexity index is 765. The summed E-state index contributed by atoms with van der Waals surface area (Å²) < 4.78 is 10.8. The third-order valence-electron chi connectivity index (χ3n) is 4.61. The summed E-state index contributed by atoms with van der Waals surface area (Å²) in [5, 5.41) is 20.5. The number of anilines is 2. The van der Waals surface area contributed by atoms with Gasteiger partial charge in [-0.05, 0) is 52.2 Å². The van der Waals surface area contributed by atoms with Crippen molar-refractivity contribution in [1.29, 1.82) is 0 Å². The lowest BCUT2D eigenvalue weighted by atomic mass is 9.76. The summed E-state index contributed by atoms with van der Waals surface area (Å²) >= 11 is 0. The molecule has 1 aromatic carbocycles. The molecule has 0 aliphatic rings. The van der Waals surface area contributed by atoms with Crippen LogP contribution in [0.5, 0.6) is 0 Å². The molecule has 0 fully saturated rings. The molecule has 0 atom stereocenters. The van der Waals surface area contributed by atoms with Crippen molar-refractivity contribution in [2.45, 2.75) is 45.8 Å². The Kier molecular flexibility index (Phi) is 5.51. The number of nitrogens with two attached hydrogens (primary N) is 1. The fourth-order valence-corrected chi connectivity index (χ4v) is 2.27. The highest BCUT2D eigenvalue weighted by Crippen LogP contribution is 2.29. The van der Waals surface area contributed by atoms with Crippen molar-refractivity contribution < 1.29 is 24.0 Å². The first kappa shape index (κ1) is 20.0. The Balaban J connectivity index is 2.24. The number of nitrogens with zero attached hydrogens (tertiary/aromatic N) is 1. The van der Waals surface area contributed by atoms with E-state index in [2.05, 4.69) is 0 Å². The summed E-state index contributed by atoms with van der Waals surface area (Å²) in [5.41, 5.74) is 4.94. The molecular weight excluding hydrogens is 335 g/mol. The van der Waals surface area contributed by atoms with Gasteiger partial charge >= 0.3 is 13.1 Å². The van der Waals surface area contributed by atoms with E-state index >= 15 is 0 Å². The van der Waals surface area contributed by atoms with Crippen LogP contribution in [0.25, 0.3) is 0 Å². The van der Waals surface area contributed by atoms with E-state index in [1.54, 1.807) is 65.0 Å². The number of hydrogen-bond donors (Lipinski definition) is 3. The first-order chi connectivity index (χ1) is 11.9. The molecule has 8 heteroatoms. The van der Waals surface area contributed by atoms with Crippen LogP contribution in [-0.2, 0) is 4.65 Å². The van der Waals surface area contributed by atoms with Gasteiger partial charge in [0.15, 0.2) is 0 Å². The molecule has 0 bridgehead atoms. The Labute approximate surface area is 153 Å². The number of aryl methyl sites for hydroxylation is 1. The number of carbonyl (C=O) groups excluding carboxylic acids is 1. The van der Waals surface area contributed by atoms with Crippen LogP contribution in [0.15, 0.2) is 41.0 Å². The van der Waals surface area contributed by atoms with E-state index in [0.29, 0.717) is 22.6 Å². The van der Waals surface area contributed by atoms with Gasteiger partial charge in [-0.25, -0.2) is 4.79 Å². The molecular formula is C18H25BN2O5. The zero-order chi connectivity index (χ0) is 19.7. The lowest BCUT2D eigenvalue weighted by Crippen LogP contribution is -2.53. The van der Waals surface area contributed by atoms with Crippen molar-refractivity contribution in [3.05, 3.63) is 42.4 Å². The lowest BCUT2D eigenvalue weighted by Gasteiger charge is -2.38. The van der Waals surface area contributed by atoms with Crippen molar-refractivity contribution in [2.24, 2.45) is 5.73 Å². The zero-order valence-corrected chi connectivity index (χ0v) is 15.7. The van der Waals surface area contributed by atoms with E-state index in [1.807, 2.05) is 0 Å². The van der Waals surface area contributed by atoms with Crippen LogP contribution in [0, 0.1) is 6.92 Å². The average Bonchev–Trinajstić information content (AvgIpc) is 2.92. The lowest BCUT2D eigenvalue weighted by molar-refractivity contribution is -0.0982. The highest BCUT2D eigenvalue weighted by atomic mass is 16.5. The van der Waals surface area contributed by atoms with Gasteiger partial charge in [0.1, 0.15) is 5.76 Å². The van der Waals surface area contributed by atoms with Gasteiger partial charge in [0.25, 0.3) is 0 Å². The number of carbonyl (C=O) groups is 1. The molecule has 26 heavy (non-hydrogen) atoms. The van der Waals surface area contributed by atoms with Crippen molar-refractivity contribution in [2.75, 3.05) is 4.90 Å². The SMILES string of the molecule is Cc1occc1N(C(N)=O)c1ccc(B(O)OC(C)(C)C(C)(C)O)cc1. The van der Waals surface area contributed by atoms with Crippen molar-refractivity contribution in [3.8, 4) is 0 Å². The quantitative estimate of drug-likeness (QED) is 0.683. The van der Waals surface area contributed by atoms with Gasteiger partial charge < -0.3 is 24.9 Å². The first-order valence-corrected chi connectivity index (χ1v) is 8.26. The van der Waals surface area contributed by atoms with Gasteiger partial charge in [-0.2, -0.15) is 0 Å². The van der Waals surface area contributed by atoms with E-state index < -0.39 is 24.4 Å². The summed E-state index contributed by atoms with van der Waals surface area (Å²) in [6.45, 7) is 8.35. The minimum Gasteiger partial charge on any atom is -0.467 e. The number of benzene rings is 1. The standard InChI is InChI=1S/C18H25BN2O5/c1-12-15(10-11-25-12)21(16(20)22)14-8-6-13(7-9-14)19(24)26-18(4,5)17(2,3)23/h6-11,23-24H,1-5H3,(H2,20,22). The molecule has 0 saturated heterocycles. The van der Waals surface area contributed by atoms with Gasteiger partial charge in [-0.1, -0.05) is 12.1 Å². The van der Waals surface area contributed by atoms with Crippen LogP contribution in [0.1, 0.15) is 33.5 Å². The predicted octanol–water partition coefficient (Wildman–Crippen LogP) is 2.06. The molecule has 0 aliphatic heterocycles. The van der Waals surface area contributed by atoms with Crippen molar-refractivity contribution in [3.63, 3.8) is 0 Å². The molecule has 1 heterocycles. The number of furan rings is 1. The van der Waals surface area contributed by atoms with Gasteiger partial charge in [-0.15, -0.1) is 0 Å². The van der Waals surface area contributed by atoms with E-state index in [-0.39, 0.29) is 0 Å². The number of amides is 2. The van der Waals surface area contributed by atoms with Crippen LogP contribution >= 0.6 is 0 Å². The third kappa shape index (κ3) is 4.09. The van der Waals surface area contributed by atoms with E-state index in [4.69, 9.17) is 14.8 Å². The number of rotatable bonds is 6. The second kappa shape index (κ2) is 7.15. The predicted molar refractivity (Wildman–Crippen MR) is 101 cm³/mol. The number of primary amides is 1. The fraction of sp³-hybridized carbons (Fsp3) is 0.389. The van der Waals surface area contributed by atoms with Crippen LogP contribution in [0.4, 0.5) is 16.2 Å². The maximum absolute atomic E-state index is 11.9. The smallest absolute Gasteiger partial charge is 0.467 e. The Hall–Kier alpha value is -2.29. The van der Waals surface area contributed by atoms with Gasteiger partial charge in [0, 0.05) is 6.07 Å². The fourth-order valence-electron chi connectivity index (χ4n) is 2.27. The highest BCUT2D eigenvalue weighted by Gasteiger charge is 2.39. The van der Waals surface area contributed by atoms with Crippen LogP contribution in [0.2, 0.25) is 0 Å². The van der Waals surface area contributed by atoms with Crippen molar-refractivity contribution in [1.82, 2.24) is 0 Å². The molecule has 0 aliphatic carbocycles. The summed E-state index contributed by atoms with van der Waals surface area (Å²) in [7, 11) is -1.23. The largest absolute Gasteiger partial charge is 0.491 e. The second-order valence-corrected chi connectivity index (χ2v) is 7.17. The van der Waals surface area contributed by atoms with E-state index in [0.717, 1.165) is 0 Å². The number of hydrogen-bond acceptors (Lipinski definition) is 5. The van der Waals surface area contributed by atoms with Gasteiger partial charge in [-0.3, -0.25) is 4.90 Å². The minimum absolute atomic E-state index is 0.486. The molecule has 0 saturated carbocycles. The zero-order valence-electron chi connectivity index (χ0n) is 15.7. The van der Waals surface area contributed by atoms with E-state index in [9.17, 15) is 14.9 Å². The Morgan fingerprint density at radius 3 is 2.19 bits per heavy atom. The summed E-state index contributed by atoms with van der Waals surface area (Å²) in [6, 6.07) is 7.56. The number of aliphatic hydroxyl groups is 1. The number of urea groups is 1. The molecule has 0 unspecified atom stereocenters. The summed E-state index contributed by atoms with van der Waals surface area (Å²) in [5.74, 6) is 0.558. The average molecular weight is 360 g/mol. The monoisotopic (exact) mass is 360 g/mol. The van der Waals surface area contributed by atoms with Crippen LogP contribution < -0.4 is 16.1 Å². The van der Waals surface area contributed by atoms with Crippen LogP contribution in [0.3, 0.4) is 0 Å². The molecule has 2 amide bonds. The van der Waals surface area contributed by atoms with Gasteiger partial charge in [0.2, 0.25) is 0 Å². The molecule has 7 nitrogen and oxygen atoms in total. The van der Waals surface area contributed by atoms with Crippen LogP contribution in [-0.4, -0.2) is 34.5 Å². The first-order valence-electron chi connectivity index (χ1n) is 8.26.